The zero-order valence-corrected chi connectivity index (χ0v) is 18.8. The highest BCUT2D eigenvalue weighted by atomic mass is 35.5. The second-order valence-corrected chi connectivity index (χ2v) is 9.63. The summed E-state index contributed by atoms with van der Waals surface area (Å²) in [5.74, 6) is 1.92. The Morgan fingerprint density at radius 3 is 2.43 bits per heavy atom. The Balaban J connectivity index is 1.42. The molecule has 0 N–H and O–H groups in total. The van der Waals surface area contributed by atoms with E-state index in [4.69, 9.17) is 21.1 Å². The SMILES string of the molecule is C=CC1OCC(C2CC=C(c3ccc(C4CCC(CC)CC4)c(Cl)c3F)CC2)CO1. The van der Waals surface area contributed by atoms with Crippen molar-refractivity contribution in [1.29, 1.82) is 0 Å². The number of allylic oxidation sites excluding steroid dienone is 2. The quantitative estimate of drug-likeness (QED) is 0.448. The molecule has 0 aromatic heterocycles. The standard InChI is InChI=1S/C26H34ClFO2/c1-3-17-5-7-19(8-6-17)22-13-14-23(26(28)25(22)27)20-11-9-18(10-12-20)21-15-29-24(4-2)30-16-21/h4,11,13-14,17-19,21,24H,2-3,5-10,12,15-16H2,1H3. The van der Waals surface area contributed by atoms with Crippen molar-refractivity contribution in [1.82, 2.24) is 0 Å². The predicted octanol–water partition coefficient (Wildman–Crippen LogP) is 7.52. The van der Waals surface area contributed by atoms with Gasteiger partial charge in [0.25, 0.3) is 0 Å². The number of hydrogen-bond acceptors (Lipinski definition) is 2. The maximum atomic E-state index is 15.3. The van der Waals surface area contributed by atoms with Crippen molar-refractivity contribution < 1.29 is 13.9 Å². The van der Waals surface area contributed by atoms with Crippen LogP contribution in [0.1, 0.15) is 75.3 Å². The van der Waals surface area contributed by atoms with Crippen LogP contribution in [0.25, 0.3) is 5.57 Å². The highest BCUT2D eigenvalue weighted by Crippen LogP contribution is 2.43. The molecule has 164 valence electrons. The molecule has 3 aliphatic rings. The molecule has 0 spiro atoms. The largest absolute Gasteiger partial charge is 0.349 e. The minimum Gasteiger partial charge on any atom is -0.349 e. The highest BCUT2D eigenvalue weighted by Gasteiger charge is 2.30. The average molecular weight is 433 g/mol. The molecule has 4 rings (SSSR count). The third-order valence-corrected chi connectivity index (χ3v) is 7.97. The molecule has 1 saturated heterocycles. The Morgan fingerprint density at radius 1 is 1.10 bits per heavy atom. The van der Waals surface area contributed by atoms with Gasteiger partial charge in [-0.15, -0.1) is 0 Å². The molecule has 30 heavy (non-hydrogen) atoms. The van der Waals surface area contributed by atoms with Crippen LogP contribution in [-0.4, -0.2) is 19.5 Å². The van der Waals surface area contributed by atoms with E-state index in [1.54, 1.807) is 6.08 Å². The lowest BCUT2D eigenvalue weighted by molar-refractivity contribution is -0.183. The molecule has 0 amide bonds. The van der Waals surface area contributed by atoms with Crippen molar-refractivity contribution in [3.63, 3.8) is 0 Å². The Kier molecular flexibility index (Phi) is 7.33. The van der Waals surface area contributed by atoms with Crippen LogP contribution in [0.15, 0.2) is 30.9 Å². The fourth-order valence-corrected chi connectivity index (χ4v) is 5.80. The monoisotopic (exact) mass is 432 g/mol. The number of ether oxygens (including phenoxy) is 2. The van der Waals surface area contributed by atoms with E-state index in [1.807, 2.05) is 6.07 Å². The van der Waals surface area contributed by atoms with Crippen LogP contribution in [-0.2, 0) is 9.47 Å². The van der Waals surface area contributed by atoms with Gasteiger partial charge < -0.3 is 9.47 Å². The first-order valence-corrected chi connectivity index (χ1v) is 12.0. The van der Waals surface area contributed by atoms with Crippen molar-refractivity contribution in [3.8, 4) is 0 Å². The molecule has 1 aromatic rings. The van der Waals surface area contributed by atoms with Crippen molar-refractivity contribution in [3.05, 3.63) is 52.8 Å². The van der Waals surface area contributed by atoms with Crippen LogP contribution < -0.4 is 0 Å². The van der Waals surface area contributed by atoms with Gasteiger partial charge >= 0.3 is 0 Å². The maximum Gasteiger partial charge on any atom is 0.176 e. The van der Waals surface area contributed by atoms with E-state index in [0.717, 1.165) is 49.2 Å². The van der Waals surface area contributed by atoms with Crippen molar-refractivity contribution in [2.45, 2.75) is 70.5 Å². The smallest absolute Gasteiger partial charge is 0.176 e. The minimum absolute atomic E-state index is 0.227. The van der Waals surface area contributed by atoms with Crippen molar-refractivity contribution >= 4 is 17.2 Å². The molecule has 1 aliphatic heterocycles. The van der Waals surface area contributed by atoms with Crippen molar-refractivity contribution in [2.24, 2.45) is 17.8 Å². The molecule has 0 bridgehead atoms. The minimum atomic E-state index is -0.275. The van der Waals surface area contributed by atoms with E-state index in [0.29, 0.717) is 41.6 Å². The number of halogens is 2. The second kappa shape index (κ2) is 9.97. The normalized spacial score (nSPS) is 32.5. The molecule has 1 aromatic carbocycles. The summed E-state index contributed by atoms with van der Waals surface area (Å²) in [4.78, 5) is 0. The lowest BCUT2D eigenvalue weighted by atomic mass is 9.77. The molecule has 1 heterocycles. The van der Waals surface area contributed by atoms with Gasteiger partial charge in [0.05, 0.1) is 18.2 Å². The van der Waals surface area contributed by atoms with E-state index in [-0.39, 0.29) is 12.1 Å². The summed E-state index contributed by atoms with van der Waals surface area (Å²) in [7, 11) is 0. The van der Waals surface area contributed by atoms with Crippen molar-refractivity contribution in [2.75, 3.05) is 13.2 Å². The third-order valence-electron chi connectivity index (χ3n) is 7.58. The molecule has 2 nitrogen and oxygen atoms in total. The van der Waals surface area contributed by atoms with Gasteiger partial charge in [-0.05, 0) is 79.9 Å². The Hall–Kier alpha value is -1.16. The number of rotatable bonds is 5. The van der Waals surface area contributed by atoms with Gasteiger partial charge in [0.1, 0.15) is 5.82 Å². The van der Waals surface area contributed by atoms with Crippen LogP contribution in [0.4, 0.5) is 4.39 Å². The summed E-state index contributed by atoms with van der Waals surface area (Å²) in [5, 5.41) is 0.347. The molecule has 1 atom stereocenters. The summed E-state index contributed by atoms with van der Waals surface area (Å²) < 4.78 is 26.6. The van der Waals surface area contributed by atoms with Gasteiger partial charge in [-0.3, -0.25) is 0 Å². The van der Waals surface area contributed by atoms with Gasteiger partial charge in [-0.2, -0.15) is 0 Å². The summed E-state index contributed by atoms with van der Waals surface area (Å²) in [6, 6.07) is 4.05. The van der Waals surface area contributed by atoms with E-state index < -0.39 is 0 Å². The first kappa shape index (κ1) is 22.0. The molecular weight excluding hydrogens is 399 g/mol. The Bertz CT molecular complexity index is 773. The zero-order chi connectivity index (χ0) is 21.1. The lowest BCUT2D eigenvalue weighted by Crippen LogP contribution is -2.35. The fraction of sp³-hybridized carbons (Fsp3) is 0.615. The average Bonchev–Trinajstić information content (AvgIpc) is 2.81. The summed E-state index contributed by atoms with van der Waals surface area (Å²) in [5.41, 5.74) is 2.79. The first-order chi connectivity index (χ1) is 14.6. The summed E-state index contributed by atoms with van der Waals surface area (Å²) in [6.45, 7) is 7.40. The molecule has 2 aliphatic carbocycles. The topological polar surface area (TPSA) is 18.5 Å². The van der Waals surface area contributed by atoms with Crippen LogP contribution in [0, 0.1) is 23.6 Å². The maximum absolute atomic E-state index is 15.3. The van der Waals surface area contributed by atoms with Gasteiger partial charge in [-0.25, -0.2) is 4.39 Å². The number of benzene rings is 1. The van der Waals surface area contributed by atoms with Gasteiger partial charge in [0.2, 0.25) is 0 Å². The van der Waals surface area contributed by atoms with Crippen LogP contribution in [0.3, 0.4) is 0 Å². The van der Waals surface area contributed by atoms with E-state index in [1.165, 1.54) is 19.3 Å². The molecular formula is C26H34ClFO2. The number of hydrogen-bond donors (Lipinski definition) is 0. The molecule has 1 unspecified atom stereocenters. The van der Waals surface area contributed by atoms with Gasteiger partial charge in [0.15, 0.2) is 6.29 Å². The van der Waals surface area contributed by atoms with Gasteiger partial charge in [-0.1, -0.05) is 49.7 Å². The summed E-state index contributed by atoms with van der Waals surface area (Å²) in [6.07, 6.45) is 12.4. The highest BCUT2D eigenvalue weighted by molar-refractivity contribution is 6.31. The van der Waals surface area contributed by atoms with E-state index >= 15 is 4.39 Å². The second-order valence-electron chi connectivity index (χ2n) is 9.25. The summed E-state index contributed by atoms with van der Waals surface area (Å²) >= 11 is 6.56. The van der Waals surface area contributed by atoms with Crippen LogP contribution in [0.5, 0.6) is 0 Å². The predicted molar refractivity (Wildman–Crippen MR) is 121 cm³/mol. The third kappa shape index (κ3) is 4.69. The Labute approximate surface area is 185 Å². The first-order valence-electron chi connectivity index (χ1n) is 11.6. The van der Waals surface area contributed by atoms with Gasteiger partial charge in [0, 0.05) is 11.5 Å². The molecule has 1 saturated carbocycles. The van der Waals surface area contributed by atoms with E-state index in [2.05, 4.69) is 25.6 Å². The fourth-order valence-electron chi connectivity index (χ4n) is 5.48. The molecule has 2 fully saturated rings. The van der Waals surface area contributed by atoms with E-state index in [9.17, 15) is 0 Å². The lowest BCUT2D eigenvalue weighted by Gasteiger charge is -2.34. The Morgan fingerprint density at radius 2 is 1.83 bits per heavy atom. The van der Waals surface area contributed by atoms with Crippen LogP contribution >= 0.6 is 11.6 Å². The van der Waals surface area contributed by atoms with Crippen LogP contribution in [0.2, 0.25) is 5.02 Å². The molecule has 4 heteroatoms. The molecule has 0 radical (unpaired) electrons. The zero-order valence-electron chi connectivity index (χ0n) is 18.0.